The lowest BCUT2D eigenvalue weighted by molar-refractivity contribution is -0.384. The van der Waals surface area contributed by atoms with Crippen molar-refractivity contribution in [3.8, 4) is 0 Å². The number of rotatable bonds is 6. The molecule has 0 atom stereocenters. The fourth-order valence-electron chi connectivity index (χ4n) is 3.35. The number of sulfonamides is 1. The van der Waals surface area contributed by atoms with E-state index in [1.165, 1.54) is 22.5 Å². The molecule has 1 amide bonds. The summed E-state index contributed by atoms with van der Waals surface area (Å²) in [7, 11) is -3.61. The summed E-state index contributed by atoms with van der Waals surface area (Å²) in [6.45, 7) is 4.26. The average Bonchev–Trinajstić information content (AvgIpc) is 2.74. The van der Waals surface area contributed by atoms with Crippen LogP contribution < -0.4 is 10.9 Å². The van der Waals surface area contributed by atoms with Crippen LogP contribution in [-0.4, -0.2) is 36.6 Å². The third-order valence-electron chi connectivity index (χ3n) is 5.36. The number of nitrogens with zero attached hydrogens (tertiary/aromatic N) is 2. The number of para-hydroxylation sites is 2. The molecule has 0 unspecified atom stereocenters. The second-order valence-electron chi connectivity index (χ2n) is 7.31. The van der Waals surface area contributed by atoms with Crippen LogP contribution in [0.25, 0.3) is 0 Å². The standard InChI is InChI=1S/C20H24N4O5S/c1-14-7-8-17(13-15(14)2)30(28,29)23-11-9-16(10-12-23)20(25)22-21-18-5-3-4-6-19(18)24(26)27/h3-8,13,16,21H,9-12H2,1-2H3,(H,22,25). The smallest absolute Gasteiger partial charge is 0.292 e. The summed E-state index contributed by atoms with van der Waals surface area (Å²) < 4.78 is 27.2. The Balaban J connectivity index is 1.59. The second-order valence-corrected chi connectivity index (χ2v) is 9.25. The summed E-state index contributed by atoms with van der Waals surface area (Å²) in [5.74, 6) is -0.706. The number of nitrogens with one attached hydrogen (secondary N) is 2. The SMILES string of the molecule is Cc1ccc(S(=O)(=O)N2CCC(C(=O)NNc3ccccc3[N+](=O)[O-])CC2)cc1C. The fourth-order valence-corrected chi connectivity index (χ4v) is 4.91. The van der Waals surface area contributed by atoms with Crippen molar-refractivity contribution >= 4 is 27.3 Å². The van der Waals surface area contributed by atoms with Gasteiger partial charge in [0.15, 0.2) is 0 Å². The van der Waals surface area contributed by atoms with E-state index in [1.54, 1.807) is 24.3 Å². The highest BCUT2D eigenvalue weighted by molar-refractivity contribution is 7.89. The third kappa shape index (κ3) is 4.60. The van der Waals surface area contributed by atoms with Crippen molar-refractivity contribution < 1.29 is 18.1 Å². The quantitative estimate of drug-likeness (QED) is 0.535. The Kier molecular flexibility index (Phi) is 6.37. The number of carbonyl (C=O) groups is 1. The lowest BCUT2D eigenvalue weighted by Crippen LogP contribution is -2.44. The molecular weight excluding hydrogens is 408 g/mol. The maximum atomic E-state index is 12.9. The first-order valence-electron chi connectivity index (χ1n) is 9.57. The molecule has 3 rings (SSSR count). The van der Waals surface area contributed by atoms with E-state index in [0.29, 0.717) is 12.8 Å². The van der Waals surface area contributed by atoms with E-state index in [4.69, 9.17) is 0 Å². The molecule has 0 radical (unpaired) electrons. The van der Waals surface area contributed by atoms with E-state index in [9.17, 15) is 23.3 Å². The highest BCUT2D eigenvalue weighted by Crippen LogP contribution is 2.26. The number of amides is 1. The van der Waals surface area contributed by atoms with Crippen LogP contribution in [0.15, 0.2) is 47.4 Å². The van der Waals surface area contributed by atoms with Crippen molar-refractivity contribution in [2.45, 2.75) is 31.6 Å². The van der Waals surface area contributed by atoms with Gasteiger partial charge < -0.3 is 0 Å². The van der Waals surface area contributed by atoms with Crippen LogP contribution in [0, 0.1) is 29.9 Å². The largest absolute Gasteiger partial charge is 0.294 e. The molecule has 2 aromatic rings. The molecule has 9 nitrogen and oxygen atoms in total. The molecule has 0 bridgehead atoms. The number of nitro groups is 1. The van der Waals surface area contributed by atoms with E-state index in [2.05, 4.69) is 10.9 Å². The molecule has 10 heteroatoms. The first-order chi connectivity index (χ1) is 14.2. The number of hydrogen-bond donors (Lipinski definition) is 2. The van der Waals surface area contributed by atoms with Gasteiger partial charge in [-0.25, -0.2) is 8.42 Å². The first-order valence-corrected chi connectivity index (χ1v) is 11.0. The van der Waals surface area contributed by atoms with Crippen LogP contribution in [0.1, 0.15) is 24.0 Å². The van der Waals surface area contributed by atoms with Gasteiger partial charge in [-0.1, -0.05) is 18.2 Å². The zero-order chi connectivity index (χ0) is 21.9. The summed E-state index contributed by atoms with van der Waals surface area (Å²) >= 11 is 0. The summed E-state index contributed by atoms with van der Waals surface area (Å²) in [6.07, 6.45) is 0.739. The number of hydrogen-bond acceptors (Lipinski definition) is 6. The number of benzene rings is 2. The minimum absolute atomic E-state index is 0.146. The van der Waals surface area contributed by atoms with Crippen LogP contribution in [0.2, 0.25) is 0 Å². The molecule has 0 spiro atoms. The Morgan fingerprint density at radius 2 is 1.77 bits per heavy atom. The van der Waals surface area contributed by atoms with Crippen LogP contribution in [0.5, 0.6) is 0 Å². The average molecular weight is 433 g/mol. The number of hydrazine groups is 1. The second kappa shape index (κ2) is 8.80. The van der Waals surface area contributed by atoms with Crippen molar-refractivity contribution in [2.75, 3.05) is 18.5 Å². The van der Waals surface area contributed by atoms with E-state index >= 15 is 0 Å². The molecule has 1 aliphatic rings. The zero-order valence-electron chi connectivity index (χ0n) is 16.8. The Morgan fingerprint density at radius 1 is 1.10 bits per heavy atom. The van der Waals surface area contributed by atoms with Crippen LogP contribution in [0.3, 0.4) is 0 Å². The van der Waals surface area contributed by atoms with Crippen LogP contribution >= 0.6 is 0 Å². The molecule has 30 heavy (non-hydrogen) atoms. The first kappa shape index (κ1) is 21.7. The Labute approximate surface area is 175 Å². The molecule has 0 saturated carbocycles. The van der Waals surface area contributed by atoms with Crippen molar-refractivity contribution in [2.24, 2.45) is 5.92 Å². The predicted octanol–water partition coefficient (Wildman–Crippen LogP) is 2.76. The predicted molar refractivity (Wildman–Crippen MR) is 112 cm³/mol. The Morgan fingerprint density at radius 3 is 2.40 bits per heavy atom. The normalized spacial score (nSPS) is 15.5. The highest BCUT2D eigenvalue weighted by Gasteiger charge is 2.32. The van der Waals surface area contributed by atoms with E-state index in [-0.39, 0.29) is 41.2 Å². The van der Waals surface area contributed by atoms with Crippen molar-refractivity contribution in [3.63, 3.8) is 0 Å². The lowest BCUT2D eigenvalue weighted by atomic mass is 9.98. The van der Waals surface area contributed by atoms with Crippen LogP contribution in [-0.2, 0) is 14.8 Å². The minimum Gasteiger partial charge on any atom is -0.292 e. The fraction of sp³-hybridized carbons (Fsp3) is 0.350. The van der Waals surface area contributed by atoms with Gasteiger partial charge >= 0.3 is 0 Å². The molecule has 0 aromatic heterocycles. The van der Waals surface area contributed by atoms with Gasteiger partial charge in [0.05, 0.1) is 9.82 Å². The Bertz CT molecular complexity index is 1060. The molecular formula is C20H24N4O5S. The molecule has 1 saturated heterocycles. The molecule has 160 valence electrons. The molecule has 1 heterocycles. The van der Waals surface area contributed by atoms with Crippen molar-refractivity contribution in [3.05, 3.63) is 63.7 Å². The summed E-state index contributed by atoms with van der Waals surface area (Å²) in [5, 5.41) is 11.0. The van der Waals surface area contributed by atoms with Gasteiger partial charge in [-0.05, 0) is 56.0 Å². The summed E-state index contributed by atoms with van der Waals surface area (Å²) in [4.78, 5) is 23.2. The minimum atomic E-state index is -3.61. The number of aryl methyl sites for hydroxylation is 2. The van der Waals surface area contributed by atoms with E-state index < -0.39 is 14.9 Å². The van der Waals surface area contributed by atoms with Gasteiger partial charge in [-0.15, -0.1) is 0 Å². The van der Waals surface area contributed by atoms with Gasteiger partial charge in [0, 0.05) is 25.1 Å². The number of carbonyl (C=O) groups excluding carboxylic acids is 1. The molecule has 1 fully saturated rings. The lowest BCUT2D eigenvalue weighted by Gasteiger charge is -2.30. The maximum absolute atomic E-state index is 12.9. The topological polar surface area (TPSA) is 122 Å². The zero-order valence-corrected chi connectivity index (χ0v) is 17.6. The van der Waals surface area contributed by atoms with Crippen LogP contribution in [0.4, 0.5) is 11.4 Å². The maximum Gasteiger partial charge on any atom is 0.294 e. The Hall–Kier alpha value is -2.98. The van der Waals surface area contributed by atoms with E-state index in [1.807, 2.05) is 13.8 Å². The van der Waals surface area contributed by atoms with Crippen molar-refractivity contribution in [1.82, 2.24) is 9.73 Å². The molecule has 0 aliphatic carbocycles. The molecule has 2 aromatic carbocycles. The summed E-state index contributed by atoms with van der Waals surface area (Å²) in [6, 6.07) is 11.1. The highest BCUT2D eigenvalue weighted by atomic mass is 32.2. The number of anilines is 1. The third-order valence-corrected chi connectivity index (χ3v) is 7.26. The van der Waals surface area contributed by atoms with Gasteiger partial charge in [-0.2, -0.15) is 4.31 Å². The molecule has 1 aliphatic heterocycles. The van der Waals surface area contributed by atoms with E-state index in [0.717, 1.165) is 11.1 Å². The molecule has 2 N–H and O–H groups in total. The number of nitro benzene ring substituents is 1. The van der Waals surface area contributed by atoms with Gasteiger partial charge in [-0.3, -0.25) is 25.8 Å². The number of piperidine rings is 1. The van der Waals surface area contributed by atoms with Gasteiger partial charge in [0.1, 0.15) is 5.69 Å². The monoisotopic (exact) mass is 432 g/mol. The summed E-state index contributed by atoms with van der Waals surface area (Å²) in [5.41, 5.74) is 7.07. The van der Waals surface area contributed by atoms with Gasteiger partial charge in [0.2, 0.25) is 15.9 Å². The van der Waals surface area contributed by atoms with Gasteiger partial charge in [0.25, 0.3) is 5.69 Å². The van der Waals surface area contributed by atoms with Crippen molar-refractivity contribution in [1.29, 1.82) is 0 Å².